The van der Waals surface area contributed by atoms with E-state index in [0.717, 1.165) is 10.2 Å². The number of amides is 1. The van der Waals surface area contributed by atoms with Crippen LogP contribution < -0.4 is 5.32 Å². The molecule has 1 aliphatic rings. The minimum absolute atomic E-state index is 0.194. The van der Waals surface area contributed by atoms with Crippen molar-refractivity contribution in [2.75, 3.05) is 38.2 Å². The topological polar surface area (TPSA) is 41.6 Å². The minimum atomic E-state index is 0.194. The molecule has 1 aromatic carbocycles. The number of carbonyl (C=O) groups is 1. The molecule has 1 heterocycles. The Kier molecular flexibility index (Phi) is 5.22. The quantitative estimate of drug-likeness (QED) is 0.923. The Labute approximate surface area is 122 Å². The fraction of sp³-hybridized carbons (Fsp3) is 0.500. The summed E-state index contributed by atoms with van der Waals surface area (Å²) in [6, 6.07) is 6.14. The predicted molar refractivity (Wildman–Crippen MR) is 79.4 cm³/mol. The first kappa shape index (κ1) is 14.3. The molecule has 1 fully saturated rings. The van der Waals surface area contributed by atoms with Crippen molar-refractivity contribution in [3.8, 4) is 0 Å². The SMILES string of the molecule is Cc1ccc(NCCC(=O)N2CCOCC2)c(Br)c1. The summed E-state index contributed by atoms with van der Waals surface area (Å²) in [6.45, 7) is 5.44. The van der Waals surface area contributed by atoms with Crippen molar-refractivity contribution < 1.29 is 9.53 Å². The number of carbonyl (C=O) groups excluding carboxylic acids is 1. The van der Waals surface area contributed by atoms with Gasteiger partial charge in [-0.15, -0.1) is 0 Å². The van der Waals surface area contributed by atoms with Gasteiger partial charge in [-0.3, -0.25) is 4.79 Å². The Hall–Kier alpha value is -1.07. The Morgan fingerprint density at radius 1 is 1.42 bits per heavy atom. The lowest BCUT2D eigenvalue weighted by Gasteiger charge is -2.27. The molecule has 104 valence electrons. The van der Waals surface area contributed by atoms with Crippen LogP contribution in [-0.2, 0) is 9.53 Å². The summed E-state index contributed by atoms with van der Waals surface area (Å²) in [5, 5.41) is 3.28. The molecule has 1 saturated heterocycles. The highest BCUT2D eigenvalue weighted by Gasteiger charge is 2.16. The first-order valence-electron chi connectivity index (χ1n) is 6.52. The van der Waals surface area contributed by atoms with E-state index in [2.05, 4.69) is 40.3 Å². The third kappa shape index (κ3) is 4.21. The van der Waals surface area contributed by atoms with E-state index in [-0.39, 0.29) is 5.91 Å². The van der Waals surface area contributed by atoms with Crippen LogP contribution in [0, 0.1) is 6.92 Å². The lowest BCUT2D eigenvalue weighted by Crippen LogP contribution is -2.41. The summed E-state index contributed by atoms with van der Waals surface area (Å²) in [5.41, 5.74) is 2.24. The largest absolute Gasteiger partial charge is 0.384 e. The second-order valence-electron chi connectivity index (χ2n) is 4.65. The van der Waals surface area contributed by atoms with Crippen LogP contribution in [0.1, 0.15) is 12.0 Å². The summed E-state index contributed by atoms with van der Waals surface area (Å²) in [6.07, 6.45) is 0.514. The number of rotatable bonds is 4. The molecule has 2 rings (SSSR count). The molecule has 0 saturated carbocycles. The zero-order chi connectivity index (χ0) is 13.7. The monoisotopic (exact) mass is 326 g/mol. The molecule has 1 amide bonds. The maximum Gasteiger partial charge on any atom is 0.224 e. The standard InChI is InChI=1S/C14H19BrN2O2/c1-11-2-3-13(12(15)10-11)16-5-4-14(18)17-6-8-19-9-7-17/h2-3,10,16H,4-9H2,1H3. The minimum Gasteiger partial charge on any atom is -0.384 e. The van der Waals surface area contributed by atoms with Gasteiger partial charge in [0, 0.05) is 36.2 Å². The first-order chi connectivity index (χ1) is 9.16. The number of halogens is 1. The van der Waals surface area contributed by atoms with Crippen LogP contribution in [0.5, 0.6) is 0 Å². The highest BCUT2D eigenvalue weighted by atomic mass is 79.9. The summed E-state index contributed by atoms with van der Waals surface area (Å²) >= 11 is 3.52. The van der Waals surface area contributed by atoms with Crippen LogP contribution in [-0.4, -0.2) is 43.7 Å². The Balaban J connectivity index is 1.78. The van der Waals surface area contributed by atoms with Crippen molar-refractivity contribution in [1.29, 1.82) is 0 Å². The van der Waals surface area contributed by atoms with Crippen molar-refractivity contribution in [2.45, 2.75) is 13.3 Å². The molecule has 0 unspecified atom stereocenters. The molecule has 0 aromatic heterocycles. The summed E-state index contributed by atoms with van der Waals surface area (Å²) < 4.78 is 6.27. The van der Waals surface area contributed by atoms with E-state index in [9.17, 15) is 4.79 Å². The van der Waals surface area contributed by atoms with E-state index in [1.807, 2.05) is 11.0 Å². The molecule has 0 aliphatic carbocycles. The smallest absolute Gasteiger partial charge is 0.224 e. The van der Waals surface area contributed by atoms with Gasteiger partial charge in [0.15, 0.2) is 0 Å². The lowest BCUT2D eigenvalue weighted by atomic mass is 10.2. The van der Waals surface area contributed by atoms with Crippen LogP contribution >= 0.6 is 15.9 Å². The van der Waals surface area contributed by atoms with Crippen LogP contribution in [0.2, 0.25) is 0 Å². The normalized spacial score (nSPS) is 15.4. The number of hydrogen-bond acceptors (Lipinski definition) is 3. The number of hydrogen-bond donors (Lipinski definition) is 1. The van der Waals surface area contributed by atoms with Gasteiger partial charge in [-0.05, 0) is 40.5 Å². The molecular weight excluding hydrogens is 308 g/mol. The maximum absolute atomic E-state index is 11.9. The highest BCUT2D eigenvalue weighted by molar-refractivity contribution is 9.10. The van der Waals surface area contributed by atoms with Gasteiger partial charge in [-0.25, -0.2) is 0 Å². The molecule has 0 radical (unpaired) electrons. The fourth-order valence-corrected chi connectivity index (χ4v) is 2.67. The van der Waals surface area contributed by atoms with E-state index in [0.29, 0.717) is 39.3 Å². The predicted octanol–water partition coefficient (Wildman–Crippen LogP) is 2.42. The number of benzene rings is 1. The zero-order valence-corrected chi connectivity index (χ0v) is 12.7. The van der Waals surface area contributed by atoms with Gasteiger partial charge in [-0.2, -0.15) is 0 Å². The van der Waals surface area contributed by atoms with Crippen molar-refractivity contribution in [2.24, 2.45) is 0 Å². The Morgan fingerprint density at radius 3 is 2.84 bits per heavy atom. The molecular formula is C14H19BrN2O2. The van der Waals surface area contributed by atoms with Crippen molar-refractivity contribution in [3.05, 3.63) is 28.2 Å². The van der Waals surface area contributed by atoms with E-state index in [4.69, 9.17) is 4.74 Å². The van der Waals surface area contributed by atoms with Gasteiger partial charge in [0.05, 0.1) is 13.2 Å². The molecule has 4 nitrogen and oxygen atoms in total. The second-order valence-corrected chi connectivity index (χ2v) is 5.51. The van der Waals surface area contributed by atoms with E-state index >= 15 is 0 Å². The van der Waals surface area contributed by atoms with Gasteiger partial charge in [0.25, 0.3) is 0 Å². The molecule has 1 N–H and O–H groups in total. The van der Waals surface area contributed by atoms with Gasteiger partial charge < -0.3 is 15.0 Å². The van der Waals surface area contributed by atoms with Crippen LogP contribution in [0.4, 0.5) is 5.69 Å². The van der Waals surface area contributed by atoms with E-state index < -0.39 is 0 Å². The lowest BCUT2D eigenvalue weighted by molar-refractivity contribution is -0.134. The maximum atomic E-state index is 11.9. The second kappa shape index (κ2) is 6.91. The first-order valence-corrected chi connectivity index (χ1v) is 7.31. The van der Waals surface area contributed by atoms with Crippen molar-refractivity contribution in [3.63, 3.8) is 0 Å². The number of ether oxygens (including phenoxy) is 1. The third-order valence-corrected chi connectivity index (χ3v) is 3.80. The number of morpholine rings is 1. The van der Waals surface area contributed by atoms with Crippen molar-refractivity contribution in [1.82, 2.24) is 4.90 Å². The number of anilines is 1. The summed E-state index contributed by atoms with van der Waals surface area (Å²) in [4.78, 5) is 13.8. The average Bonchev–Trinajstić information content (AvgIpc) is 2.42. The number of nitrogens with one attached hydrogen (secondary N) is 1. The molecule has 0 bridgehead atoms. The van der Waals surface area contributed by atoms with E-state index in [1.54, 1.807) is 0 Å². The van der Waals surface area contributed by atoms with Gasteiger partial charge >= 0.3 is 0 Å². The average molecular weight is 327 g/mol. The van der Waals surface area contributed by atoms with Crippen LogP contribution in [0.3, 0.4) is 0 Å². The summed E-state index contributed by atoms with van der Waals surface area (Å²) in [7, 11) is 0. The number of aryl methyl sites for hydroxylation is 1. The molecule has 1 aliphatic heterocycles. The zero-order valence-electron chi connectivity index (χ0n) is 11.1. The molecule has 0 atom stereocenters. The van der Waals surface area contributed by atoms with Crippen LogP contribution in [0.25, 0.3) is 0 Å². The van der Waals surface area contributed by atoms with Crippen LogP contribution in [0.15, 0.2) is 22.7 Å². The Bertz CT molecular complexity index is 445. The highest BCUT2D eigenvalue weighted by Crippen LogP contribution is 2.23. The molecule has 1 aromatic rings. The molecule has 0 spiro atoms. The van der Waals surface area contributed by atoms with Gasteiger partial charge in [-0.1, -0.05) is 6.07 Å². The summed E-state index contributed by atoms with van der Waals surface area (Å²) in [5.74, 6) is 0.194. The number of nitrogens with zero attached hydrogens (tertiary/aromatic N) is 1. The molecule has 5 heteroatoms. The molecule has 19 heavy (non-hydrogen) atoms. The van der Waals surface area contributed by atoms with Gasteiger partial charge in [0.2, 0.25) is 5.91 Å². The van der Waals surface area contributed by atoms with Crippen molar-refractivity contribution >= 4 is 27.5 Å². The third-order valence-electron chi connectivity index (χ3n) is 3.14. The van der Waals surface area contributed by atoms with E-state index in [1.165, 1.54) is 5.56 Å². The Morgan fingerprint density at radius 2 is 2.16 bits per heavy atom. The fourth-order valence-electron chi connectivity index (χ4n) is 2.04. The van der Waals surface area contributed by atoms with Gasteiger partial charge in [0.1, 0.15) is 0 Å².